The maximum atomic E-state index is 4.71. The Labute approximate surface area is 171 Å². The lowest BCUT2D eigenvalue weighted by atomic mass is 9.98. The molecule has 154 valence electrons. The number of aromatic nitrogens is 2. The van der Waals surface area contributed by atoms with Crippen LogP contribution < -0.4 is 4.90 Å². The van der Waals surface area contributed by atoms with Gasteiger partial charge in [0.1, 0.15) is 11.6 Å². The van der Waals surface area contributed by atoms with Crippen molar-refractivity contribution < 1.29 is 0 Å². The minimum absolute atomic E-state index is 0.321. The molecule has 0 fully saturated rings. The first-order valence-electron chi connectivity index (χ1n) is 10.2. The maximum absolute atomic E-state index is 4.71. The van der Waals surface area contributed by atoms with E-state index >= 15 is 0 Å². The SMILES string of the molecule is C=C/C(C)=C(\C1=CC1)[C@H](C)N(C)Cc1cc(N(CC)CCN(C)C)nc(C)n1. The summed E-state index contributed by atoms with van der Waals surface area (Å²) in [6.07, 6.45) is 5.37. The van der Waals surface area contributed by atoms with Gasteiger partial charge >= 0.3 is 0 Å². The van der Waals surface area contributed by atoms with Gasteiger partial charge < -0.3 is 9.80 Å². The highest BCUT2D eigenvalue weighted by atomic mass is 15.2. The van der Waals surface area contributed by atoms with Crippen LogP contribution in [0.15, 0.2) is 41.5 Å². The van der Waals surface area contributed by atoms with E-state index in [-0.39, 0.29) is 0 Å². The Balaban J connectivity index is 2.17. The minimum Gasteiger partial charge on any atom is -0.355 e. The number of anilines is 1. The van der Waals surface area contributed by atoms with Gasteiger partial charge in [-0.1, -0.05) is 18.7 Å². The average Bonchev–Trinajstić information content (AvgIpc) is 3.46. The van der Waals surface area contributed by atoms with Gasteiger partial charge in [0.15, 0.2) is 0 Å². The second-order valence-electron chi connectivity index (χ2n) is 7.97. The zero-order valence-corrected chi connectivity index (χ0v) is 18.8. The van der Waals surface area contributed by atoms with Crippen molar-refractivity contribution in [1.82, 2.24) is 19.8 Å². The van der Waals surface area contributed by atoms with Crippen LogP contribution >= 0.6 is 0 Å². The van der Waals surface area contributed by atoms with Crippen LogP contribution in [0.3, 0.4) is 0 Å². The standard InChI is InChI=1S/C23H37N5/c1-9-17(3)23(20-11-12-20)18(4)27(8)16-21-15-22(25-19(5)24-21)28(10-2)14-13-26(6)7/h9,11,15,18H,1,10,12-14,16H2,2-8H3/b23-17-/t18-/m0/s1. The lowest BCUT2D eigenvalue weighted by Crippen LogP contribution is -2.33. The summed E-state index contributed by atoms with van der Waals surface area (Å²) in [5.74, 6) is 1.86. The van der Waals surface area contributed by atoms with Crippen molar-refractivity contribution in [2.75, 3.05) is 45.7 Å². The third-order valence-electron chi connectivity index (χ3n) is 5.38. The molecule has 5 nitrogen and oxygen atoms in total. The fraction of sp³-hybridized carbons (Fsp3) is 0.565. The van der Waals surface area contributed by atoms with Gasteiger partial charge in [0.05, 0.1) is 5.69 Å². The molecule has 1 atom stereocenters. The normalized spacial score (nSPS) is 15.4. The van der Waals surface area contributed by atoms with Crippen molar-refractivity contribution in [3.8, 4) is 0 Å². The van der Waals surface area contributed by atoms with Crippen molar-refractivity contribution in [2.24, 2.45) is 0 Å². The molecule has 2 rings (SSSR count). The predicted octanol–water partition coefficient (Wildman–Crippen LogP) is 3.83. The Kier molecular flexibility index (Phi) is 7.96. The van der Waals surface area contributed by atoms with Gasteiger partial charge in [0.2, 0.25) is 0 Å². The van der Waals surface area contributed by atoms with E-state index in [4.69, 9.17) is 9.97 Å². The van der Waals surface area contributed by atoms with E-state index in [0.717, 1.165) is 49.9 Å². The summed E-state index contributed by atoms with van der Waals surface area (Å²) in [7, 11) is 6.38. The minimum atomic E-state index is 0.321. The summed E-state index contributed by atoms with van der Waals surface area (Å²) >= 11 is 0. The molecule has 28 heavy (non-hydrogen) atoms. The maximum Gasteiger partial charge on any atom is 0.132 e. The van der Waals surface area contributed by atoms with E-state index in [1.165, 1.54) is 16.7 Å². The molecular weight excluding hydrogens is 346 g/mol. The molecule has 0 bridgehead atoms. The number of rotatable bonds is 11. The molecule has 1 aromatic rings. The van der Waals surface area contributed by atoms with E-state index in [1.54, 1.807) is 0 Å². The number of hydrogen-bond acceptors (Lipinski definition) is 5. The molecule has 0 amide bonds. The van der Waals surface area contributed by atoms with Crippen LogP contribution in [0.1, 0.15) is 38.7 Å². The summed E-state index contributed by atoms with van der Waals surface area (Å²) in [6, 6.07) is 2.47. The van der Waals surface area contributed by atoms with Crippen LogP contribution in [0.5, 0.6) is 0 Å². The van der Waals surface area contributed by atoms with Crippen LogP contribution in [0.25, 0.3) is 0 Å². The molecule has 0 unspecified atom stereocenters. The quantitative estimate of drug-likeness (QED) is 0.543. The number of hydrogen-bond donors (Lipinski definition) is 0. The fourth-order valence-corrected chi connectivity index (χ4v) is 3.46. The first-order valence-corrected chi connectivity index (χ1v) is 10.2. The lowest BCUT2D eigenvalue weighted by Gasteiger charge is -2.28. The Morgan fingerprint density at radius 3 is 2.46 bits per heavy atom. The summed E-state index contributed by atoms with van der Waals surface area (Å²) < 4.78 is 0. The molecule has 1 heterocycles. The second kappa shape index (κ2) is 9.99. The first kappa shape index (κ1) is 22.3. The van der Waals surface area contributed by atoms with E-state index in [9.17, 15) is 0 Å². The second-order valence-corrected chi connectivity index (χ2v) is 7.97. The number of nitrogens with zero attached hydrogens (tertiary/aromatic N) is 5. The van der Waals surface area contributed by atoms with Crippen LogP contribution in [-0.2, 0) is 6.54 Å². The molecule has 1 aliphatic carbocycles. The van der Waals surface area contributed by atoms with Gasteiger partial charge in [-0.25, -0.2) is 9.97 Å². The third kappa shape index (κ3) is 6.01. The van der Waals surface area contributed by atoms with Crippen molar-refractivity contribution in [3.63, 3.8) is 0 Å². The molecule has 5 heteroatoms. The van der Waals surface area contributed by atoms with Gasteiger partial charge in [-0.15, -0.1) is 0 Å². The molecule has 0 aromatic carbocycles. The third-order valence-corrected chi connectivity index (χ3v) is 5.38. The summed E-state index contributed by atoms with van der Waals surface area (Å²) in [5.41, 5.74) is 5.20. The van der Waals surface area contributed by atoms with E-state index < -0.39 is 0 Å². The molecule has 0 radical (unpaired) electrons. The largest absolute Gasteiger partial charge is 0.355 e. The lowest BCUT2D eigenvalue weighted by molar-refractivity contribution is 0.276. The highest BCUT2D eigenvalue weighted by Crippen LogP contribution is 2.34. The van der Waals surface area contributed by atoms with E-state index in [2.05, 4.69) is 75.3 Å². The molecule has 0 saturated heterocycles. The van der Waals surface area contributed by atoms with Crippen molar-refractivity contribution in [2.45, 2.75) is 46.7 Å². The van der Waals surface area contributed by atoms with Gasteiger partial charge in [-0.05, 0) is 72.0 Å². The number of allylic oxidation sites excluding steroid dienone is 3. The van der Waals surface area contributed by atoms with Gasteiger partial charge in [-0.2, -0.15) is 0 Å². The van der Waals surface area contributed by atoms with Crippen LogP contribution in [0, 0.1) is 6.92 Å². The Bertz CT molecular complexity index is 747. The van der Waals surface area contributed by atoms with Crippen LogP contribution in [-0.4, -0.2) is 66.6 Å². The smallest absolute Gasteiger partial charge is 0.132 e. The number of likely N-dealkylation sites (N-methyl/N-ethyl adjacent to an activating group) is 3. The molecule has 1 aliphatic rings. The Hall–Kier alpha value is -1.98. The Morgan fingerprint density at radius 1 is 1.25 bits per heavy atom. The highest BCUT2D eigenvalue weighted by molar-refractivity contribution is 5.50. The summed E-state index contributed by atoms with van der Waals surface area (Å²) in [5, 5.41) is 0. The summed E-state index contributed by atoms with van der Waals surface area (Å²) in [6.45, 7) is 16.3. The van der Waals surface area contributed by atoms with Gasteiger partial charge in [0, 0.05) is 38.3 Å². The fourth-order valence-electron chi connectivity index (χ4n) is 3.46. The zero-order chi connectivity index (χ0) is 20.8. The van der Waals surface area contributed by atoms with Crippen LogP contribution in [0.2, 0.25) is 0 Å². The first-order chi connectivity index (χ1) is 13.3. The summed E-state index contributed by atoms with van der Waals surface area (Å²) in [4.78, 5) is 16.3. The van der Waals surface area contributed by atoms with E-state index in [1.807, 2.05) is 13.0 Å². The molecular formula is C23H37N5. The predicted molar refractivity (Wildman–Crippen MR) is 120 cm³/mol. The van der Waals surface area contributed by atoms with Gasteiger partial charge in [0.25, 0.3) is 0 Å². The Morgan fingerprint density at radius 2 is 1.93 bits per heavy atom. The average molecular weight is 384 g/mol. The molecule has 0 spiro atoms. The number of aryl methyl sites for hydroxylation is 1. The van der Waals surface area contributed by atoms with Crippen molar-refractivity contribution >= 4 is 5.82 Å². The molecule has 0 N–H and O–H groups in total. The molecule has 0 saturated carbocycles. The van der Waals surface area contributed by atoms with E-state index in [0.29, 0.717) is 6.04 Å². The van der Waals surface area contributed by atoms with Crippen LogP contribution in [0.4, 0.5) is 5.82 Å². The topological polar surface area (TPSA) is 35.5 Å². The van der Waals surface area contributed by atoms with Gasteiger partial charge in [-0.3, -0.25) is 4.90 Å². The highest BCUT2D eigenvalue weighted by Gasteiger charge is 2.24. The van der Waals surface area contributed by atoms with Crippen molar-refractivity contribution in [1.29, 1.82) is 0 Å². The monoisotopic (exact) mass is 383 g/mol. The zero-order valence-electron chi connectivity index (χ0n) is 18.8. The molecule has 1 aromatic heterocycles. The van der Waals surface area contributed by atoms with Crippen molar-refractivity contribution in [3.05, 3.63) is 53.0 Å². The molecule has 0 aliphatic heterocycles.